The maximum Gasteiger partial charge on any atom is 0.120 e. The summed E-state index contributed by atoms with van der Waals surface area (Å²) in [5.74, 6) is 1.45. The third-order valence-electron chi connectivity index (χ3n) is 21.7. The molecule has 0 aliphatic heterocycles. The van der Waals surface area contributed by atoms with E-state index in [1.54, 1.807) is 0 Å². The van der Waals surface area contributed by atoms with Gasteiger partial charge in [0.25, 0.3) is 0 Å². The number of rotatable bonds is 38. The molecule has 0 aliphatic rings. The third kappa shape index (κ3) is 18.6. The molecular weight excluding hydrogens is 1170 g/mol. The highest BCUT2D eigenvalue weighted by atomic mass is 14.9. The number of nitrogens with zero attached hydrogens (tertiary/aromatic N) is 6. The molecule has 6 nitrogen and oxygen atoms in total. The molecular formula is C90H120N6. The van der Waals surface area contributed by atoms with Crippen LogP contribution >= 0.6 is 0 Å². The summed E-state index contributed by atoms with van der Waals surface area (Å²) in [4.78, 5) is 36.7. The maximum absolute atomic E-state index is 6.13. The highest BCUT2D eigenvalue weighted by Crippen LogP contribution is 2.39. The summed E-state index contributed by atoms with van der Waals surface area (Å²) in [6.45, 7) is 23.5. The summed E-state index contributed by atoms with van der Waals surface area (Å²) >= 11 is 0. The molecule has 10 rings (SSSR count). The molecule has 10 aromatic rings. The van der Waals surface area contributed by atoms with Crippen LogP contribution in [0.4, 0.5) is 0 Å². The highest BCUT2D eigenvalue weighted by Gasteiger charge is 2.22. The zero-order chi connectivity index (χ0) is 67.2. The van der Waals surface area contributed by atoms with Crippen molar-refractivity contribution in [2.24, 2.45) is 0 Å². The number of aromatic nitrogens is 6. The van der Waals surface area contributed by atoms with Gasteiger partial charge in [-0.25, -0.2) is 29.9 Å². The molecule has 3 aromatic heterocycles. The molecule has 4 unspecified atom stereocenters. The summed E-state index contributed by atoms with van der Waals surface area (Å²) in [7, 11) is 0. The van der Waals surface area contributed by atoms with Crippen molar-refractivity contribution in [3.05, 3.63) is 143 Å². The molecule has 0 saturated heterocycles. The SMILES string of the molecule is CCCCCCCCc1ccc2c(c1)nc1c3nc4cc(CCCCCCCC)ccc4c4ccc(C(C)CCCCCC)cc4nc3c3nc4cc(C(C)CCCCCC)ccc4c4ccc(C(C)CCCCCC)cc4nc3c1nc1cc(C(C)CCCCCC)ccc12. The fourth-order valence-corrected chi connectivity index (χ4v) is 15.2. The summed E-state index contributed by atoms with van der Waals surface area (Å²) in [6, 6.07) is 42.8. The predicted molar refractivity (Wildman–Crippen MR) is 420 cm³/mol. The molecule has 0 saturated carbocycles. The Labute approximate surface area is 578 Å². The quantitative estimate of drug-likeness (QED) is 0.0359. The van der Waals surface area contributed by atoms with Gasteiger partial charge in [0.15, 0.2) is 0 Å². The molecule has 510 valence electrons. The molecule has 0 aliphatic carbocycles. The largest absolute Gasteiger partial charge is 0.244 e. The van der Waals surface area contributed by atoms with E-state index in [0.29, 0.717) is 56.8 Å². The molecule has 7 aromatic carbocycles. The lowest BCUT2D eigenvalue weighted by Crippen LogP contribution is -1.99. The van der Waals surface area contributed by atoms with E-state index >= 15 is 0 Å². The fourth-order valence-electron chi connectivity index (χ4n) is 15.2. The zero-order valence-electron chi connectivity index (χ0n) is 61.4. The molecule has 6 heteroatoms. The molecule has 0 amide bonds. The van der Waals surface area contributed by atoms with Crippen LogP contribution in [-0.4, -0.2) is 29.9 Å². The van der Waals surface area contributed by atoms with E-state index in [-0.39, 0.29) is 0 Å². The first-order chi connectivity index (χ1) is 47.0. The number of hydrogen-bond donors (Lipinski definition) is 0. The van der Waals surface area contributed by atoms with E-state index in [9.17, 15) is 0 Å². The van der Waals surface area contributed by atoms with Crippen LogP contribution in [0, 0.1) is 0 Å². The fraction of sp³-hybridized carbons (Fsp3) is 0.533. The van der Waals surface area contributed by atoms with Crippen LogP contribution in [0.1, 0.15) is 332 Å². The average molecular weight is 1290 g/mol. The van der Waals surface area contributed by atoms with Crippen molar-refractivity contribution in [3.8, 4) is 0 Å². The Morgan fingerprint density at radius 2 is 0.417 bits per heavy atom. The Balaban J connectivity index is 1.40. The van der Waals surface area contributed by atoms with E-state index in [1.807, 2.05) is 0 Å². The summed E-state index contributed by atoms with van der Waals surface area (Å²) in [5, 5.41) is 6.55. The molecule has 3 heterocycles. The predicted octanol–water partition coefficient (Wildman–Crippen LogP) is 28.2. The first-order valence-electron chi connectivity index (χ1n) is 39.4. The van der Waals surface area contributed by atoms with Gasteiger partial charge in [0.2, 0.25) is 0 Å². The van der Waals surface area contributed by atoms with Crippen LogP contribution in [0.5, 0.6) is 0 Å². The Morgan fingerprint density at radius 3 is 0.656 bits per heavy atom. The van der Waals surface area contributed by atoms with E-state index in [0.717, 1.165) is 117 Å². The first kappa shape index (κ1) is 72.1. The van der Waals surface area contributed by atoms with Crippen LogP contribution in [0.25, 0.3) is 98.5 Å². The number of fused-ring (bicyclic) bond motifs is 15. The summed E-state index contributed by atoms with van der Waals surface area (Å²) in [6.07, 6.45) is 41.5. The monoisotopic (exact) mass is 1280 g/mol. The second-order valence-electron chi connectivity index (χ2n) is 29.6. The van der Waals surface area contributed by atoms with Crippen LogP contribution < -0.4 is 0 Å². The zero-order valence-corrected chi connectivity index (χ0v) is 61.4. The van der Waals surface area contributed by atoms with Gasteiger partial charge in [-0.05, 0) is 145 Å². The van der Waals surface area contributed by atoms with Gasteiger partial charge >= 0.3 is 0 Å². The van der Waals surface area contributed by atoms with Crippen molar-refractivity contribution >= 4 is 98.5 Å². The van der Waals surface area contributed by atoms with Gasteiger partial charge in [0, 0.05) is 32.3 Å². The van der Waals surface area contributed by atoms with Gasteiger partial charge in [-0.15, -0.1) is 0 Å². The van der Waals surface area contributed by atoms with Crippen LogP contribution in [-0.2, 0) is 12.8 Å². The summed E-state index contributed by atoms with van der Waals surface area (Å²) in [5.41, 5.74) is 17.8. The summed E-state index contributed by atoms with van der Waals surface area (Å²) < 4.78 is 0. The second-order valence-corrected chi connectivity index (χ2v) is 29.6. The third-order valence-corrected chi connectivity index (χ3v) is 21.7. The second kappa shape index (κ2) is 36.8. The van der Waals surface area contributed by atoms with Crippen LogP contribution in [0.15, 0.2) is 109 Å². The van der Waals surface area contributed by atoms with Crippen molar-refractivity contribution in [1.29, 1.82) is 0 Å². The van der Waals surface area contributed by atoms with Crippen molar-refractivity contribution in [2.45, 2.75) is 311 Å². The number of hydrogen-bond acceptors (Lipinski definition) is 6. The van der Waals surface area contributed by atoms with Crippen molar-refractivity contribution < 1.29 is 0 Å². The molecule has 4 atom stereocenters. The molecule has 96 heavy (non-hydrogen) atoms. The lowest BCUT2D eigenvalue weighted by atomic mass is 9.92. The Kier molecular flexibility index (Phi) is 27.6. The van der Waals surface area contributed by atoms with Gasteiger partial charge in [-0.1, -0.05) is 309 Å². The molecule has 0 fully saturated rings. The minimum absolute atomic E-state index is 0.360. The van der Waals surface area contributed by atoms with Gasteiger partial charge in [-0.2, -0.15) is 0 Å². The topological polar surface area (TPSA) is 77.3 Å². The van der Waals surface area contributed by atoms with Crippen molar-refractivity contribution in [1.82, 2.24) is 29.9 Å². The smallest absolute Gasteiger partial charge is 0.120 e. The Bertz CT molecular complexity index is 4000. The van der Waals surface area contributed by atoms with Gasteiger partial charge in [0.05, 0.1) is 33.1 Å². The number of aryl methyl sites for hydroxylation is 2. The lowest BCUT2D eigenvalue weighted by Gasteiger charge is -2.16. The van der Waals surface area contributed by atoms with E-state index < -0.39 is 0 Å². The van der Waals surface area contributed by atoms with Gasteiger partial charge in [-0.3, -0.25) is 0 Å². The lowest BCUT2D eigenvalue weighted by molar-refractivity contribution is 0.580. The van der Waals surface area contributed by atoms with E-state index in [2.05, 4.69) is 178 Å². The van der Waals surface area contributed by atoms with E-state index in [1.165, 1.54) is 200 Å². The van der Waals surface area contributed by atoms with Crippen molar-refractivity contribution in [3.63, 3.8) is 0 Å². The first-order valence-corrected chi connectivity index (χ1v) is 39.4. The minimum Gasteiger partial charge on any atom is -0.244 e. The van der Waals surface area contributed by atoms with E-state index in [4.69, 9.17) is 29.9 Å². The number of benzene rings is 7. The Hall–Kier alpha value is -6.66. The average Bonchev–Trinajstić information content (AvgIpc) is 0.725. The molecule has 0 spiro atoms. The van der Waals surface area contributed by atoms with Gasteiger partial charge < -0.3 is 0 Å². The van der Waals surface area contributed by atoms with Crippen LogP contribution in [0.2, 0.25) is 0 Å². The van der Waals surface area contributed by atoms with Crippen LogP contribution in [0.3, 0.4) is 0 Å². The molecule has 0 radical (unpaired) electrons. The maximum atomic E-state index is 6.13. The van der Waals surface area contributed by atoms with Crippen molar-refractivity contribution in [2.75, 3.05) is 0 Å². The minimum atomic E-state index is 0.360. The molecule has 0 bridgehead atoms. The number of unbranched alkanes of at least 4 members (excludes halogenated alkanes) is 22. The normalized spacial score (nSPS) is 13.3. The standard InChI is InChI=1S/C90H120N6/c1-11-17-23-29-31-37-43-67-45-51-73-75-53-47-69(63(7)39-33-25-19-13-3)59-81(75)93-87-85(91-79(73)57-67)86-88(94-82-60-70(64(8)40-34-26-20-14-4)48-54-76(82)74-52-46-68(58-80(74)92-86)44-38-32-30-24-18-12-2)90-89(87)95-83-61-71(65(9)41-35-27-21-15-5)49-55-77(83)78-56-50-72(62-84(78)96-90)66(10)42-36-28-22-16-6/h45-66H,11-44H2,1-10H3. The Morgan fingerprint density at radius 1 is 0.219 bits per heavy atom. The van der Waals surface area contributed by atoms with Gasteiger partial charge in [0.1, 0.15) is 33.1 Å². The molecule has 0 N–H and O–H groups in total. The highest BCUT2D eigenvalue weighted by molar-refractivity contribution is 6.22.